The Kier molecular flexibility index (Phi) is 9.98. The number of pyridine rings is 1. The molecule has 1 saturated heterocycles. The number of nitrogens with zero attached hydrogens (tertiary/aromatic N) is 2. The lowest BCUT2D eigenvalue weighted by atomic mass is 9.79. The van der Waals surface area contributed by atoms with Gasteiger partial charge in [-0.05, 0) is 67.5 Å². The van der Waals surface area contributed by atoms with Crippen LogP contribution in [-0.2, 0) is 4.79 Å². The number of thioether (sulfide) groups is 1. The fourth-order valence-electron chi connectivity index (χ4n) is 5.33. The summed E-state index contributed by atoms with van der Waals surface area (Å²) in [5.41, 5.74) is 8.19. The van der Waals surface area contributed by atoms with Gasteiger partial charge in [-0.1, -0.05) is 11.6 Å². The first kappa shape index (κ1) is 29.5. The molecule has 6 nitrogen and oxygen atoms in total. The zero-order chi connectivity index (χ0) is 28.1. The Morgan fingerprint density at radius 2 is 2.08 bits per heavy atom. The third-order valence-corrected chi connectivity index (χ3v) is 8.62. The second-order valence-electron chi connectivity index (χ2n) is 9.84. The lowest BCUT2D eigenvalue weighted by Crippen LogP contribution is -2.42. The van der Waals surface area contributed by atoms with E-state index in [-0.39, 0.29) is 29.2 Å². The first-order chi connectivity index (χ1) is 18.7. The van der Waals surface area contributed by atoms with Crippen molar-refractivity contribution in [3.05, 3.63) is 64.6 Å². The maximum absolute atomic E-state index is 14.0. The number of carbonyl (C=O) groups is 1. The van der Waals surface area contributed by atoms with Crippen LogP contribution in [0.3, 0.4) is 0 Å². The number of halogens is 4. The number of fused-ring (bicyclic) bond motifs is 1. The third kappa shape index (κ3) is 7.36. The summed E-state index contributed by atoms with van der Waals surface area (Å²) in [6, 6.07) is 6.70. The zero-order valence-electron chi connectivity index (χ0n) is 21.5. The number of carboxylic acid groups (broad SMARTS) is 1. The number of aliphatic carboxylic acids is 1. The Labute approximate surface area is 234 Å². The fourth-order valence-corrected chi connectivity index (χ4v) is 6.61. The van der Waals surface area contributed by atoms with E-state index in [4.69, 9.17) is 22.1 Å². The lowest BCUT2D eigenvalue weighted by molar-refractivity contribution is -0.139. The molecule has 0 amide bonds. The molecule has 1 aromatic heterocycles. The largest absolute Gasteiger partial charge is 0.497 e. The predicted molar refractivity (Wildman–Crippen MR) is 147 cm³/mol. The van der Waals surface area contributed by atoms with Crippen LogP contribution in [0.4, 0.5) is 13.2 Å². The summed E-state index contributed by atoms with van der Waals surface area (Å²) < 4.78 is 46.3. The highest BCUT2D eigenvalue weighted by Crippen LogP contribution is 2.37. The number of hydrogen-bond acceptors (Lipinski definition) is 6. The van der Waals surface area contributed by atoms with Gasteiger partial charge in [0.05, 0.1) is 17.6 Å². The molecule has 0 bridgehead atoms. The van der Waals surface area contributed by atoms with Gasteiger partial charge in [-0.2, -0.15) is 0 Å². The molecule has 3 atom stereocenters. The summed E-state index contributed by atoms with van der Waals surface area (Å²) in [5, 5.41) is 10.9. The summed E-state index contributed by atoms with van der Waals surface area (Å²) >= 11 is 7.56. The molecule has 0 aliphatic carbocycles. The predicted octanol–water partition coefficient (Wildman–Crippen LogP) is 6.30. The molecule has 0 saturated carbocycles. The average molecular weight is 582 g/mol. The molecule has 39 heavy (non-hydrogen) atoms. The first-order valence-electron chi connectivity index (χ1n) is 12.8. The van der Waals surface area contributed by atoms with Crippen molar-refractivity contribution >= 4 is 40.2 Å². The van der Waals surface area contributed by atoms with E-state index in [0.717, 1.165) is 53.7 Å². The minimum Gasteiger partial charge on any atom is -0.497 e. The van der Waals surface area contributed by atoms with Gasteiger partial charge in [0.25, 0.3) is 0 Å². The van der Waals surface area contributed by atoms with Crippen molar-refractivity contribution in [3.8, 4) is 5.75 Å². The molecule has 3 unspecified atom stereocenters. The lowest BCUT2D eigenvalue weighted by Gasteiger charge is -2.38. The fraction of sp³-hybridized carbons (Fsp3) is 0.429. The molecule has 1 aliphatic heterocycles. The van der Waals surface area contributed by atoms with E-state index in [1.807, 2.05) is 18.2 Å². The quantitative estimate of drug-likeness (QED) is 0.203. The van der Waals surface area contributed by atoms with Gasteiger partial charge in [0, 0.05) is 53.8 Å². The van der Waals surface area contributed by atoms with Crippen molar-refractivity contribution in [2.24, 2.45) is 17.6 Å². The highest BCUT2D eigenvalue weighted by atomic mass is 35.5. The topological polar surface area (TPSA) is 88.7 Å². The summed E-state index contributed by atoms with van der Waals surface area (Å²) in [6.07, 6.45) is 3.77. The Bertz CT molecular complexity index is 1330. The van der Waals surface area contributed by atoms with Crippen molar-refractivity contribution in [2.75, 3.05) is 32.5 Å². The van der Waals surface area contributed by atoms with Crippen molar-refractivity contribution in [3.63, 3.8) is 0 Å². The summed E-state index contributed by atoms with van der Waals surface area (Å²) in [7, 11) is 1.59. The molecule has 0 radical (unpaired) electrons. The zero-order valence-corrected chi connectivity index (χ0v) is 23.1. The van der Waals surface area contributed by atoms with Crippen LogP contribution in [0.5, 0.6) is 5.75 Å². The van der Waals surface area contributed by atoms with Crippen LogP contribution in [-0.4, -0.2) is 53.5 Å². The number of nitrogens with two attached hydrogens (primary N) is 1. The molecule has 1 fully saturated rings. The molecule has 2 heterocycles. The molecule has 3 N–H and O–H groups in total. The first-order valence-corrected chi connectivity index (χ1v) is 14.1. The molecular formula is C28H31ClF3N3O3S. The van der Waals surface area contributed by atoms with E-state index in [1.165, 1.54) is 0 Å². The van der Waals surface area contributed by atoms with Gasteiger partial charge in [-0.15, -0.1) is 11.8 Å². The third-order valence-electron chi connectivity index (χ3n) is 7.32. The maximum Gasteiger partial charge on any atom is 0.303 e. The smallest absolute Gasteiger partial charge is 0.303 e. The Balaban J connectivity index is 1.38. The summed E-state index contributed by atoms with van der Waals surface area (Å²) in [4.78, 5) is 18.1. The van der Waals surface area contributed by atoms with Gasteiger partial charge in [0.2, 0.25) is 0 Å². The molecule has 11 heteroatoms. The standard InChI is InChI=1S/C28H31ClF3N3O3S/c1-38-19-3-5-24-20(13-19)27(21(29)14-34-24)23(33)4-2-16-6-7-35(15-17(16)10-26(36)37)8-9-39-25-12-18(30)11-22(31)28(25)32/h3,5,11-14,16-17,23H,2,4,6-10,15,33H2,1H3,(H,36,37). The number of aromatic nitrogens is 1. The van der Waals surface area contributed by atoms with Gasteiger partial charge < -0.3 is 20.5 Å². The van der Waals surface area contributed by atoms with Crippen LogP contribution in [0.2, 0.25) is 5.02 Å². The molecule has 4 rings (SSSR count). The number of likely N-dealkylation sites (tertiary alicyclic amines) is 1. The van der Waals surface area contributed by atoms with E-state index in [9.17, 15) is 23.1 Å². The highest BCUT2D eigenvalue weighted by Gasteiger charge is 2.31. The van der Waals surface area contributed by atoms with Crippen LogP contribution in [0.15, 0.2) is 41.4 Å². The van der Waals surface area contributed by atoms with Crippen molar-refractivity contribution in [1.82, 2.24) is 9.88 Å². The highest BCUT2D eigenvalue weighted by molar-refractivity contribution is 7.99. The van der Waals surface area contributed by atoms with Crippen LogP contribution in [0.25, 0.3) is 10.9 Å². The number of methoxy groups -OCH3 is 1. The Morgan fingerprint density at radius 1 is 1.28 bits per heavy atom. The van der Waals surface area contributed by atoms with E-state index < -0.39 is 23.4 Å². The van der Waals surface area contributed by atoms with Gasteiger partial charge in [-0.3, -0.25) is 9.78 Å². The van der Waals surface area contributed by atoms with E-state index in [1.54, 1.807) is 13.3 Å². The number of rotatable bonds is 11. The second kappa shape index (κ2) is 13.2. The van der Waals surface area contributed by atoms with Gasteiger partial charge >= 0.3 is 5.97 Å². The summed E-state index contributed by atoms with van der Waals surface area (Å²) in [5.74, 6) is -2.77. The number of hydrogen-bond donors (Lipinski definition) is 2. The van der Waals surface area contributed by atoms with Crippen LogP contribution in [0, 0.1) is 29.3 Å². The van der Waals surface area contributed by atoms with Crippen LogP contribution >= 0.6 is 23.4 Å². The monoisotopic (exact) mass is 581 g/mol. The molecular weight excluding hydrogens is 551 g/mol. The minimum absolute atomic E-state index is 0.0312. The van der Waals surface area contributed by atoms with Crippen molar-refractivity contribution in [1.29, 1.82) is 0 Å². The number of ether oxygens (including phenoxy) is 1. The number of piperidine rings is 1. The van der Waals surface area contributed by atoms with Gasteiger partial charge in [-0.25, -0.2) is 13.2 Å². The van der Waals surface area contributed by atoms with E-state index in [2.05, 4.69) is 9.88 Å². The van der Waals surface area contributed by atoms with Crippen molar-refractivity contribution < 1.29 is 27.8 Å². The Morgan fingerprint density at radius 3 is 2.82 bits per heavy atom. The molecule has 2 aromatic carbocycles. The summed E-state index contributed by atoms with van der Waals surface area (Å²) in [6.45, 7) is 1.86. The van der Waals surface area contributed by atoms with Gasteiger partial charge in [0.1, 0.15) is 11.6 Å². The van der Waals surface area contributed by atoms with E-state index >= 15 is 0 Å². The Hall–Kier alpha value is -2.53. The number of carboxylic acids is 1. The number of benzene rings is 2. The normalized spacial score (nSPS) is 18.8. The average Bonchev–Trinajstić information content (AvgIpc) is 2.90. The second-order valence-corrected chi connectivity index (χ2v) is 11.4. The van der Waals surface area contributed by atoms with Gasteiger partial charge in [0.15, 0.2) is 11.6 Å². The van der Waals surface area contributed by atoms with Crippen LogP contribution < -0.4 is 10.5 Å². The van der Waals surface area contributed by atoms with E-state index in [0.29, 0.717) is 42.1 Å². The molecule has 1 aliphatic rings. The minimum atomic E-state index is -1.21. The molecule has 0 spiro atoms. The SMILES string of the molecule is COc1ccc2ncc(Cl)c(C(N)CCC3CCN(CCSc4cc(F)cc(F)c4F)CC3CC(=O)O)c2c1. The van der Waals surface area contributed by atoms with Crippen molar-refractivity contribution in [2.45, 2.75) is 36.6 Å². The van der Waals surface area contributed by atoms with Crippen LogP contribution in [0.1, 0.15) is 37.3 Å². The maximum atomic E-state index is 14.0. The molecule has 210 valence electrons. The molecule has 3 aromatic rings.